The zero-order valence-corrected chi connectivity index (χ0v) is 14.5. The van der Waals surface area contributed by atoms with Crippen LogP contribution in [0.2, 0.25) is 0 Å². The van der Waals surface area contributed by atoms with Crippen molar-refractivity contribution in [1.82, 2.24) is 5.32 Å². The quantitative estimate of drug-likeness (QED) is 0.339. The topological polar surface area (TPSA) is 84.5 Å². The summed E-state index contributed by atoms with van der Waals surface area (Å²) in [7, 11) is -3.95. The van der Waals surface area contributed by atoms with Crippen molar-refractivity contribution in [2.45, 2.75) is 18.7 Å². The predicted octanol–water partition coefficient (Wildman–Crippen LogP) is 3.23. The van der Waals surface area contributed by atoms with Gasteiger partial charge in [-0.1, -0.05) is 6.58 Å². The molecule has 8 heteroatoms. The van der Waals surface area contributed by atoms with Gasteiger partial charge in [0, 0.05) is 18.1 Å². The highest BCUT2D eigenvalue weighted by molar-refractivity contribution is 7.86. The molecular formula is C15H19ClN2O4S. The molecule has 0 aliphatic rings. The summed E-state index contributed by atoms with van der Waals surface area (Å²) in [4.78, 5) is 11.4. The van der Waals surface area contributed by atoms with Crippen LogP contribution in [-0.2, 0) is 14.3 Å². The smallest absolute Gasteiger partial charge is 0.339 e. The molecule has 0 radical (unpaired) electrons. The zero-order valence-electron chi connectivity index (χ0n) is 12.9. The molecule has 1 rings (SSSR count). The number of rotatable bonds is 7. The third-order valence-corrected chi connectivity index (χ3v) is 4.10. The minimum absolute atomic E-state index is 0.0233. The molecule has 2 N–H and O–H groups in total. The highest BCUT2D eigenvalue weighted by Gasteiger charge is 2.18. The molecule has 1 aromatic carbocycles. The average Bonchev–Trinajstić information content (AvgIpc) is 2.51. The number of nitrogens with one attached hydrogen (secondary N) is 2. The molecule has 0 aliphatic heterocycles. The van der Waals surface area contributed by atoms with Crippen molar-refractivity contribution >= 4 is 33.4 Å². The van der Waals surface area contributed by atoms with Crippen LogP contribution in [0.5, 0.6) is 0 Å². The Labute approximate surface area is 141 Å². The maximum Gasteiger partial charge on any atom is 0.339 e. The maximum atomic E-state index is 12.2. The van der Waals surface area contributed by atoms with Gasteiger partial charge in [-0.3, -0.25) is 0 Å². The van der Waals surface area contributed by atoms with Crippen LogP contribution in [-0.4, -0.2) is 26.9 Å². The summed E-state index contributed by atoms with van der Waals surface area (Å²) in [6.07, 6.45) is 1.52. The van der Waals surface area contributed by atoms with Crippen LogP contribution >= 0.6 is 11.6 Å². The second-order valence-electron chi connectivity index (χ2n) is 4.56. The monoisotopic (exact) mass is 358 g/mol. The average molecular weight is 359 g/mol. The summed E-state index contributed by atoms with van der Waals surface area (Å²) >= 11 is 5.46. The lowest BCUT2D eigenvalue weighted by atomic mass is 10.3. The van der Waals surface area contributed by atoms with Crippen LogP contribution in [0.25, 0.3) is 0 Å². The SMILES string of the molecule is C=C(C)/C(=C\C)OS(=O)(=O)c1ccc(NC(=O)NCCCl)cc1. The summed E-state index contributed by atoms with van der Waals surface area (Å²) in [6, 6.07) is 5.20. The van der Waals surface area contributed by atoms with Crippen LogP contribution < -0.4 is 10.6 Å². The lowest BCUT2D eigenvalue weighted by molar-refractivity contribution is 0.252. The van der Waals surface area contributed by atoms with Crippen LogP contribution in [0.3, 0.4) is 0 Å². The first-order valence-electron chi connectivity index (χ1n) is 6.77. The van der Waals surface area contributed by atoms with E-state index in [-0.39, 0.29) is 10.7 Å². The Hall–Kier alpha value is -1.99. The molecule has 0 bridgehead atoms. The van der Waals surface area contributed by atoms with Crippen molar-refractivity contribution in [1.29, 1.82) is 0 Å². The number of anilines is 1. The summed E-state index contributed by atoms with van der Waals surface area (Å²) in [5.74, 6) is 0.491. The van der Waals surface area contributed by atoms with E-state index in [1.54, 1.807) is 13.8 Å². The van der Waals surface area contributed by atoms with Gasteiger partial charge >= 0.3 is 16.1 Å². The number of carbonyl (C=O) groups excluding carboxylic acids is 1. The van der Waals surface area contributed by atoms with Crippen molar-refractivity contribution < 1.29 is 17.4 Å². The third kappa shape index (κ3) is 5.96. The fourth-order valence-electron chi connectivity index (χ4n) is 1.57. The van der Waals surface area contributed by atoms with E-state index in [0.717, 1.165) is 0 Å². The fraction of sp³-hybridized carbons (Fsp3) is 0.267. The van der Waals surface area contributed by atoms with Crippen LogP contribution in [0.1, 0.15) is 13.8 Å². The van der Waals surface area contributed by atoms with Crippen molar-refractivity contribution in [2.24, 2.45) is 0 Å². The Morgan fingerprint density at radius 1 is 1.35 bits per heavy atom. The summed E-state index contributed by atoms with van der Waals surface area (Å²) in [5.41, 5.74) is 0.951. The standard InChI is InChI=1S/C15H19ClN2O4S/c1-4-14(11(2)3)22-23(20,21)13-7-5-12(6-8-13)18-15(19)17-10-9-16/h4-8H,2,9-10H2,1,3H3,(H2,17,18,19)/b14-4+. The van der Waals surface area contributed by atoms with Gasteiger partial charge in [-0.15, -0.1) is 11.6 Å². The van der Waals surface area contributed by atoms with E-state index in [1.165, 1.54) is 30.3 Å². The second-order valence-corrected chi connectivity index (χ2v) is 6.49. The molecule has 126 valence electrons. The zero-order chi connectivity index (χ0) is 17.5. The largest absolute Gasteiger partial charge is 0.379 e. The number of benzene rings is 1. The van der Waals surface area contributed by atoms with Gasteiger partial charge in [-0.05, 0) is 49.8 Å². The molecule has 0 fully saturated rings. The Morgan fingerprint density at radius 2 is 1.96 bits per heavy atom. The summed E-state index contributed by atoms with van der Waals surface area (Å²) in [6.45, 7) is 7.30. The van der Waals surface area contributed by atoms with Crippen LogP contribution in [0.15, 0.2) is 53.1 Å². The molecule has 0 spiro atoms. The molecule has 23 heavy (non-hydrogen) atoms. The van der Waals surface area contributed by atoms with Gasteiger partial charge in [-0.25, -0.2) is 4.79 Å². The molecule has 1 aromatic rings. The molecule has 2 amide bonds. The number of halogens is 1. The van der Waals surface area contributed by atoms with E-state index < -0.39 is 16.1 Å². The van der Waals surface area contributed by atoms with E-state index >= 15 is 0 Å². The fourth-order valence-corrected chi connectivity index (χ4v) is 2.71. The van der Waals surface area contributed by atoms with Gasteiger partial charge in [0.05, 0.1) is 0 Å². The predicted molar refractivity (Wildman–Crippen MR) is 91.0 cm³/mol. The van der Waals surface area contributed by atoms with E-state index in [9.17, 15) is 13.2 Å². The molecule has 0 heterocycles. The van der Waals surface area contributed by atoms with Gasteiger partial charge in [0.2, 0.25) is 0 Å². The van der Waals surface area contributed by atoms with E-state index in [2.05, 4.69) is 17.2 Å². The van der Waals surface area contributed by atoms with Gasteiger partial charge in [-0.2, -0.15) is 8.42 Å². The van der Waals surface area contributed by atoms with Gasteiger partial charge in [0.15, 0.2) is 0 Å². The lowest BCUT2D eigenvalue weighted by Gasteiger charge is -2.11. The van der Waals surface area contributed by atoms with E-state index in [1.807, 2.05) is 0 Å². The minimum atomic E-state index is -3.95. The Bertz CT molecular complexity index is 697. The van der Waals surface area contributed by atoms with Gasteiger partial charge < -0.3 is 14.8 Å². The molecule has 0 aliphatic carbocycles. The van der Waals surface area contributed by atoms with E-state index in [0.29, 0.717) is 23.7 Å². The van der Waals surface area contributed by atoms with Crippen molar-refractivity contribution in [3.8, 4) is 0 Å². The number of allylic oxidation sites excluding steroid dienone is 2. The van der Waals surface area contributed by atoms with Crippen LogP contribution in [0.4, 0.5) is 10.5 Å². The molecule has 0 atom stereocenters. The Morgan fingerprint density at radius 3 is 2.43 bits per heavy atom. The van der Waals surface area contributed by atoms with E-state index in [4.69, 9.17) is 15.8 Å². The third-order valence-electron chi connectivity index (χ3n) is 2.66. The first-order valence-corrected chi connectivity index (χ1v) is 8.72. The minimum Gasteiger partial charge on any atom is -0.379 e. The summed E-state index contributed by atoms with van der Waals surface area (Å²) in [5, 5.41) is 5.09. The first-order chi connectivity index (χ1) is 10.8. The van der Waals surface area contributed by atoms with Crippen molar-refractivity contribution in [3.05, 3.63) is 48.3 Å². The second kappa shape index (κ2) is 8.59. The molecule has 0 aromatic heterocycles. The number of urea groups is 1. The van der Waals surface area contributed by atoms with Crippen LogP contribution in [0, 0.1) is 0 Å². The number of alkyl halides is 1. The number of hydrogen-bond acceptors (Lipinski definition) is 4. The Kier molecular flexibility index (Phi) is 7.12. The van der Waals surface area contributed by atoms with Crippen molar-refractivity contribution in [2.75, 3.05) is 17.7 Å². The first kappa shape index (κ1) is 19.1. The molecule has 0 saturated carbocycles. The molecule has 6 nitrogen and oxygen atoms in total. The molecular weight excluding hydrogens is 340 g/mol. The summed E-state index contributed by atoms with van der Waals surface area (Å²) < 4.78 is 29.4. The van der Waals surface area contributed by atoms with Gasteiger partial charge in [0.1, 0.15) is 10.7 Å². The number of carbonyl (C=O) groups is 1. The van der Waals surface area contributed by atoms with Gasteiger partial charge in [0.25, 0.3) is 0 Å². The maximum absolute atomic E-state index is 12.2. The number of amides is 2. The normalized spacial score (nSPS) is 11.7. The number of hydrogen-bond donors (Lipinski definition) is 2. The highest BCUT2D eigenvalue weighted by Crippen LogP contribution is 2.21. The van der Waals surface area contributed by atoms with Crippen molar-refractivity contribution in [3.63, 3.8) is 0 Å². The lowest BCUT2D eigenvalue weighted by Crippen LogP contribution is -2.30. The molecule has 0 saturated heterocycles. The highest BCUT2D eigenvalue weighted by atomic mass is 35.5. The Balaban J connectivity index is 2.83. The molecule has 0 unspecified atom stereocenters.